The normalized spacial score (nSPS) is 8.69. The Labute approximate surface area is 94.9 Å². The van der Waals surface area contributed by atoms with E-state index in [0.717, 1.165) is 22.9 Å². The van der Waals surface area contributed by atoms with Crippen LogP contribution in [0, 0.1) is 18.8 Å². The van der Waals surface area contributed by atoms with Crippen LogP contribution in [0.25, 0.3) is 10.9 Å². The van der Waals surface area contributed by atoms with E-state index in [-0.39, 0.29) is 0 Å². The van der Waals surface area contributed by atoms with E-state index >= 15 is 0 Å². The second-order valence-electron chi connectivity index (χ2n) is 3.24. The van der Waals surface area contributed by atoms with Crippen molar-refractivity contribution < 1.29 is 4.79 Å². The standard InChI is InChI=1S/C9H8N2O.C4H6/c1-6-8-4-7(5-12)2-3-9(8)11-10-6;1-3-4-2/h2-5H,1H3,(H,10,11);1-2H3. The summed E-state index contributed by atoms with van der Waals surface area (Å²) in [6, 6.07) is 5.43. The highest BCUT2D eigenvalue weighted by Gasteiger charge is 2.00. The van der Waals surface area contributed by atoms with Crippen LogP contribution in [-0.4, -0.2) is 16.5 Å². The molecule has 1 heterocycles. The van der Waals surface area contributed by atoms with Gasteiger partial charge in [0.05, 0.1) is 5.52 Å². The summed E-state index contributed by atoms with van der Waals surface area (Å²) >= 11 is 0. The third-order valence-corrected chi connectivity index (χ3v) is 2.15. The molecule has 0 aliphatic heterocycles. The smallest absolute Gasteiger partial charge is 0.150 e. The van der Waals surface area contributed by atoms with E-state index in [4.69, 9.17) is 0 Å². The lowest BCUT2D eigenvalue weighted by Crippen LogP contribution is -1.78. The first kappa shape index (κ1) is 12.0. The van der Waals surface area contributed by atoms with Crippen LogP contribution in [0.4, 0.5) is 0 Å². The number of aromatic nitrogens is 2. The Balaban J connectivity index is 0.000000280. The fourth-order valence-electron chi connectivity index (χ4n) is 1.23. The van der Waals surface area contributed by atoms with Gasteiger partial charge in [0.1, 0.15) is 6.29 Å². The Kier molecular flexibility index (Phi) is 4.28. The van der Waals surface area contributed by atoms with Crippen molar-refractivity contribution in [1.82, 2.24) is 10.2 Å². The lowest BCUT2D eigenvalue weighted by atomic mass is 10.1. The van der Waals surface area contributed by atoms with E-state index in [1.54, 1.807) is 6.07 Å². The molecule has 0 saturated carbocycles. The highest BCUT2D eigenvalue weighted by molar-refractivity contribution is 5.88. The summed E-state index contributed by atoms with van der Waals surface area (Å²) in [5.41, 5.74) is 2.58. The van der Waals surface area contributed by atoms with E-state index in [0.29, 0.717) is 5.56 Å². The molecule has 0 aliphatic rings. The van der Waals surface area contributed by atoms with Crippen molar-refractivity contribution in [3.63, 3.8) is 0 Å². The van der Waals surface area contributed by atoms with Crippen LogP contribution in [0.5, 0.6) is 0 Å². The molecular weight excluding hydrogens is 200 g/mol. The Morgan fingerprint density at radius 3 is 2.56 bits per heavy atom. The van der Waals surface area contributed by atoms with Gasteiger partial charge in [-0.1, -0.05) is 0 Å². The number of rotatable bonds is 1. The van der Waals surface area contributed by atoms with Crippen LogP contribution < -0.4 is 0 Å². The molecule has 2 rings (SSSR count). The zero-order valence-electron chi connectivity index (χ0n) is 9.66. The summed E-state index contributed by atoms with van der Waals surface area (Å²) < 4.78 is 0. The maximum atomic E-state index is 10.5. The third kappa shape index (κ3) is 2.71. The first-order valence-corrected chi connectivity index (χ1v) is 4.96. The van der Waals surface area contributed by atoms with Gasteiger partial charge in [-0.2, -0.15) is 5.10 Å². The first-order chi connectivity index (χ1) is 7.72. The predicted octanol–water partition coefficient (Wildman–Crippen LogP) is 2.71. The van der Waals surface area contributed by atoms with Crippen LogP contribution in [-0.2, 0) is 0 Å². The van der Waals surface area contributed by atoms with Crippen LogP contribution in [0.1, 0.15) is 29.9 Å². The number of benzene rings is 1. The van der Waals surface area contributed by atoms with E-state index in [9.17, 15) is 4.79 Å². The lowest BCUT2D eigenvalue weighted by Gasteiger charge is -1.90. The van der Waals surface area contributed by atoms with Gasteiger partial charge in [-0.3, -0.25) is 9.89 Å². The number of hydrogen-bond donors (Lipinski definition) is 1. The fourth-order valence-corrected chi connectivity index (χ4v) is 1.23. The molecule has 16 heavy (non-hydrogen) atoms. The number of nitrogens with zero attached hydrogens (tertiary/aromatic N) is 1. The van der Waals surface area contributed by atoms with Crippen molar-refractivity contribution in [3.8, 4) is 11.8 Å². The van der Waals surface area contributed by atoms with Crippen molar-refractivity contribution in [2.75, 3.05) is 0 Å². The number of aryl methyl sites for hydroxylation is 1. The predicted molar refractivity (Wildman–Crippen MR) is 65.3 cm³/mol. The van der Waals surface area contributed by atoms with Gasteiger partial charge in [-0.05, 0) is 39.0 Å². The first-order valence-electron chi connectivity index (χ1n) is 4.96. The van der Waals surface area contributed by atoms with Crippen LogP contribution in [0.3, 0.4) is 0 Å². The van der Waals surface area contributed by atoms with E-state index in [1.165, 1.54) is 0 Å². The molecule has 3 nitrogen and oxygen atoms in total. The Bertz CT molecular complexity index is 538. The van der Waals surface area contributed by atoms with Crippen LogP contribution in [0.2, 0.25) is 0 Å². The summed E-state index contributed by atoms with van der Waals surface area (Å²) in [5.74, 6) is 5.36. The zero-order valence-corrected chi connectivity index (χ0v) is 9.66. The monoisotopic (exact) mass is 214 g/mol. The second kappa shape index (κ2) is 5.72. The van der Waals surface area contributed by atoms with Crippen LogP contribution in [0.15, 0.2) is 18.2 Å². The van der Waals surface area contributed by atoms with Crippen molar-refractivity contribution in [2.24, 2.45) is 0 Å². The van der Waals surface area contributed by atoms with Gasteiger partial charge in [0.25, 0.3) is 0 Å². The molecular formula is C13H14N2O. The topological polar surface area (TPSA) is 45.8 Å². The highest BCUT2D eigenvalue weighted by Crippen LogP contribution is 2.15. The number of H-pyrrole nitrogens is 1. The fraction of sp³-hybridized carbons (Fsp3) is 0.231. The molecule has 0 bridgehead atoms. The summed E-state index contributed by atoms with van der Waals surface area (Å²) in [6.07, 6.45) is 0.839. The molecule has 82 valence electrons. The van der Waals surface area contributed by atoms with Gasteiger partial charge in [-0.25, -0.2) is 0 Å². The van der Waals surface area contributed by atoms with Crippen LogP contribution >= 0.6 is 0 Å². The van der Waals surface area contributed by atoms with E-state index in [1.807, 2.05) is 32.9 Å². The molecule has 2 aromatic rings. The molecule has 3 heteroatoms. The molecule has 0 aliphatic carbocycles. The molecule has 1 aromatic heterocycles. The lowest BCUT2D eigenvalue weighted by molar-refractivity contribution is 0.112. The van der Waals surface area contributed by atoms with Crippen molar-refractivity contribution in [2.45, 2.75) is 20.8 Å². The summed E-state index contributed by atoms with van der Waals surface area (Å²) in [6.45, 7) is 5.57. The molecule has 0 saturated heterocycles. The summed E-state index contributed by atoms with van der Waals surface area (Å²) in [4.78, 5) is 10.5. The number of carbonyl (C=O) groups is 1. The Morgan fingerprint density at radius 1 is 1.31 bits per heavy atom. The highest BCUT2D eigenvalue weighted by atomic mass is 16.1. The van der Waals surface area contributed by atoms with Gasteiger partial charge >= 0.3 is 0 Å². The molecule has 1 N–H and O–H groups in total. The third-order valence-electron chi connectivity index (χ3n) is 2.15. The number of hydrogen-bond acceptors (Lipinski definition) is 2. The molecule has 0 amide bonds. The molecule has 0 fully saturated rings. The number of nitrogens with one attached hydrogen (secondary N) is 1. The molecule has 0 radical (unpaired) electrons. The largest absolute Gasteiger partial charge is 0.298 e. The van der Waals surface area contributed by atoms with Crippen molar-refractivity contribution in [3.05, 3.63) is 29.5 Å². The van der Waals surface area contributed by atoms with Gasteiger partial charge in [0.15, 0.2) is 0 Å². The SMILES string of the molecule is CC#CC.Cc1[nH]nc2ccc(C=O)cc12. The molecule has 0 spiro atoms. The number of aldehydes is 1. The average Bonchev–Trinajstić information content (AvgIpc) is 2.71. The Hall–Kier alpha value is -2.08. The van der Waals surface area contributed by atoms with Crippen molar-refractivity contribution in [1.29, 1.82) is 0 Å². The minimum Gasteiger partial charge on any atom is -0.298 e. The van der Waals surface area contributed by atoms with Gasteiger partial charge in [0, 0.05) is 16.6 Å². The molecule has 0 unspecified atom stereocenters. The average molecular weight is 214 g/mol. The van der Waals surface area contributed by atoms with Gasteiger partial charge in [0.2, 0.25) is 0 Å². The summed E-state index contributed by atoms with van der Waals surface area (Å²) in [5, 5.41) is 7.93. The number of fused-ring (bicyclic) bond motifs is 1. The maximum Gasteiger partial charge on any atom is 0.150 e. The number of carbonyl (C=O) groups excluding carboxylic acids is 1. The van der Waals surface area contributed by atoms with Gasteiger partial charge < -0.3 is 0 Å². The minimum absolute atomic E-state index is 0.687. The Morgan fingerprint density at radius 2 is 2.00 bits per heavy atom. The minimum atomic E-state index is 0.687. The number of aromatic amines is 1. The van der Waals surface area contributed by atoms with E-state index in [2.05, 4.69) is 22.0 Å². The van der Waals surface area contributed by atoms with Gasteiger partial charge in [-0.15, -0.1) is 11.8 Å². The van der Waals surface area contributed by atoms with Crippen molar-refractivity contribution >= 4 is 17.2 Å². The molecule has 1 aromatic carbocycles. The maximum absolute atomic E-state index is 10.5. The zero-order chi connectivity index (χ0) is 12.0. The summed E-state index contributed by atoms with van der Waals surface area (Å²) in [7, 11) is 0. The quantitative estimate of drug-likeness (QED) is 0.586. The molecule has 0 atom stereocenters. The second-order valence-corrected chi connectivity index (χ2v) is 3.24. The van der Waals surface area contributed by atoms with E-state index < -0.39 is 0 Å².